The number of rotatable bonds is 5. The van der Waals surface area contributed by atoms with E-state index in [2.05, 4.69) is 10.6 Å². The standard InChI is InChI=1S/C24H22N2O2/c1-17-11-13-21(14-12-17)25-24(28)22(16-19-8-4-3-5-9-19)26-23(27)20-10-6-7-18(2)15-20/h3-16H,1-2H3,(H,25,28)(H,26,27). The molecule has 3 rings (SSSR count). The van der Waals surface area contributed by atoms with E-state index in [1.165, 1.54) is 0 Å². The maximum Gasteiger partial charge on any atom is 0.272 e. The number of hydrogen-bond acceptors (Lipinski definition) is 2. The molecule has 0 saturated heterocycles. The molecule has 0 atom stereocenters. The van der Waals surface area contributed by atoms with Crippen molar-refractivity contribution in [1.29, 1.82) is 0 Å². The molecular formula is C24H22N2O2. The fourth-order valence-electron chi connectivity index (χ4n) is 2.69. The lowest BCUT2D eigenvalue weighted by molar-refractivity contribution is -0.113. The fraction of sp³-hybridized carbons (Fsp3) is 0.0833. The normalized spacial score (nSPS) is 11.0. The van der Waals surface area contributed by atoms with Gasteiger partial charge in [-0.15, -0.1) is 0 Å². The zero-order valence-electron chi connectivity index (χ0n) is 15.9. The Morgan fingerprint density at radius 2 is 1.50 bits per heavy atom. The topological polar surface area (TPSA) is 58.2 Å². The van der Waals surface area contributed by atoms with Gasteiger partial charge in [-0.3, -0.25) is 9.59 Å². The van der Waals surface area contributed by atoms with E-state index in [4.69, 9.17) is 0 Å². The highest BCUT2D eigenvalue weighted by atomic mass is 16.2. The lowest BCUT2D eigenvalue weighted by Crippen LogP contribution is -2.30. The largest absolute Gasteiger partial charge is 0.321 e. The van der Waals surface area contributed by atoms with E-state index < -0.39 is 0 Å². The van der Waals surface area contributed by atoms with Gasteiger partial charge in [-0.05, 0) is 49.8 Å². The molecule has 0 aliphatic rings. The Balaban J connectivity index is 1.86. The Bertz CT molecular complexity index is 1010. The average molecular weight is 370 g/mol. The highest BCUT2D eigenvalue weighted by molar-refractivity contribution is 6.10. The van der Waals surface area contributed by atoms with Crippen molar-refractivity contribution in [3.63, 3.8) is 0 Å². The van der Waals surface area contributed by atoms with E-state index in [1.54, 1.807) is 18.2 Å². The number of carbonyl (C=O) groups is 2. The lowest BCUT2D eigenvalue weighted by Gasteiger charge is -2.12. The van der Waals surface area contributed by atoms with Gasteiger partial charge in [0.15, 0.2) is 0 Å². The number of amides is 2. The minimum Gasteiger partial charge on any atom is -0.321 e. The predicted molar refractivity (Wildman–Crippen MR) is 113 cm³/mol. The van der Waals surface area contributed by atoms with Crippen LogP contribution in [0.5, 0.6) is 0 Å². The zero-order valence-corrected chi connectivity index (χ0v) is 15.9. The summed E-state index contributed by atoms with van der Waals surface area (Å²) in [7, 11) is 0. The van der Waals surface area contributed by atoms with Crippen LogP contribution in [0.4, 0.5) is 5.69 Å². The van der Waals surface area contributed by atoms with Gasteiger partial charge in [0.2, 0.25) is 0 Å². The molecule has 0 heterocycles. The van der Waals surface area contributed by atoms with E-state index in [1.807, 2.05) is 80.6 Å². The first kappa shape index (κ1) is 19.1. The summed E-state index contributed by atoms with van der Waals surface area (Å²) in [6, 6.07) is 24.1. The predicted octanol–water partition coefficient (Wildman–Crippen LogP) is 4.71. The average Bonchev–Trinajstić information content (AvgIpc) is 2.70. The van der Waals surface area contributed by atoms with Gasteiger partial charge in [-0.25, -0.2) is 0 Å². The van der Waals surface area contributed by atoms with Crippen molar-refractivity contribution in [2.24, 2.45) is 0 Å². The van der Waals surface area contributed by atoms with Crippen molar-refractivity contribution < 1.29 is 9.59 Å². The second-order valence-corrected chi connectivity index (χ2v) is 6.61. The van der Waals surface area contributed by atoms with Crippen LogP contribution in [0.3, 0.4) is 0 Å². The zero-order chi connectivity index (χ0) is 19.9. The number of aryl methyl sites for hydroxylation is 2. The molecule has 0 aliphatic heterocycles. The fourth-order valence-corrected chi connectivity index (χ4v) is 2.69. The van der Waals surface area contributed by atoms with Crippen LogP contribution in [0.1, 0.15) is 27.0 Å². The Morgan fingerprint density at radius 1 is 0.786 bits per heavy atom. The highest BCUT2D eigenvalue weighted by Gasteiger charge is 2.15. The third-order valence-electron chi connectivity index (χ3n) is 4.19. The molecular weight excluding hydrogens is 348 g/mol. The van der Waals surface area contributed by atoms with Crippen molar-refractivity contribution in [2.45, 2.75) is 13.8 Å². The molecule has 0 aliphatic carbocycles. The van der Waals surface area contributed by atoms with Gasteiger partial charge < -0.3 is 10.6 Å². The van der Waals surface area contributed by atoms with E-state index in [0.717, 1.165) is 16.7 Å². The summed E-state index contributed by atoms with van der Waals surface area (Å²) < 4.78 is 0. The summed E-state index contributed by atoms with van der Waals surface area (Å²) in [4.78, 5) is 25.5. The summed E-state index contributed by atoms with van der Waals surface area (Å²) >= 11 is 0. The van der Waals surface area contributed by atoms with Crippen LogP contribution < -0.4 is 10.6 Å². The Morgan fingerprint density at radius 3 is 2.18 bits per heavy atom. The van der Waals surface area contributed by atoms with Crippen LogP contribution in [0, 0.1) is 13.8 Å². The molecule has 3 aromatic rings. The lowest BCUT2D eigenvalue weighted by atomic mass is 10.1. The first-order valence-corrected chi connectivity index (χ1v) is 9.04. The molecule has 28 heavy (non-hydrogen) atoms. The maximum absolute atomic E-state index is 12.8. The summed E-state index contributed by atoms with van der Waals surface area (Å²) in [5.74, 6) is -0.710. The van der Waals surface area contributed by atoms with Crippen molar-refractivity contribution in [1.82, 2.24) is 5.32 Å². The molecule has 0 bridgehead atoms. The first-order valence-electron chi connectivity index (χ1n) is 9.04. The van der Waals surface area contributed by atoms with Crippen LogP contribution in [0.25, 0.3) is 6.08 Å². The Labute approximate surface area is 164 Å². The first-order chi connectivity index (χ1) is 13.5. The van der Waals surface area contributed by atoms with E-state index in [9.17, 15) is 9.59 Å². The van der Waals surface area contributed by atoms with E-state index >= 15 is 0 Å². The monoisotopic (exact) mass is 370 g/mol. The molecule has 0 radical (unpaired) electrons. The second kappa shape index (κ2) is 8.82. The summed E-state index contributed by atoms with van der Waals surface area (Å²) in [5.41, 5.74) is 4.25. The van der Waals surface area contributed by atoms with Crippen molar-refractivity contribution >= 4 is 23.6 Å². The highest BCUT2D eigenvalue weighted by Crippen LogP contribution is 2.13. The Kier molecular flexibility index (Phi) is 6.02. The molecule has 4 heteroatoms. The van der Waals surface area contributed by atoms with Gasteiger partial charge >= 0.3 is 0 Å². The summed E-state index contributed by atoms with van der Waals surface area (Å²) in [6.07, 6.45) is 1.66. The van der Waals surface area contributed by atoms with Gasteiger partial charge in [0.25, 0.3) is 11.8 Å². The van der Waals surface area contributed by atoms with Gasteiger partial charge in [-0.2, -0.15) is 0 Å². The van der Waals surface area contributed by atoms with Crippen LogP contribution in [0.15, 0.2) is 84.6 Å². The minimum atomic E-state index is -0.381. The maximum atomic E-state index is 12.8. The molecule has 3 aromatic carbocycles. The molecule has 0 saturated carbocycles. The third-order valence-corrected chi connectivity index (χ3v) is 4.19. The van der Waals surface area contributed by atoms with Gasteiger partial charge in [-0.1, -0.05) is 65.7 Å². The smallest absolute Gasteiger partial charge is 0.272 e. The number of nitrogens with one attached hydrogen (secondary N) is 2. The number of carbonyl (C=O) groups excluding carboxylic acids is 2. The number of benzene rings is 3. The molecule has 4 nitrogen and oxygen atoms in total. The molecule has 2 amide bonds. The summed E-state index contributed by atoms with van der Waals surface area (Å²) in [6.45, 7) is 3.90. The van der Waals surface area contributed by atoms with Gasteiger partial charge in [0.05, 0.1) is 0 Å². The van der Waals surface area contributed by atoms with Gasteiger partial charge in [0, 0.05) is 11.3 Å². The number of anilines is 1. The molecule has 0 spiro atoms. The molecule has 140 valence electrons. The third kappa shape index (κ3) is 5.17. The van der Waals surface area contributed by atoms with Crippen LogP contribution >= 0.6 is 0 Å². The van der Waals surface area contributed by atoms with Crippen molar-refractivity contribution in [3.05, 3.63) is 107 Å². The van der Waals surface area contributed by atoms with Crippen LogP contribution in [-0.2, 0) is 4.79 Å². The van der Waals surface area contributed by atoms with E-state index in [-0.39, 0.29) is 17.5 Å². The number of hydrogen-bond donors (Lipinski definition) is 2. The second-order valence-electron chi connectivity index (χ2n) is 6.61. The minimum absolute atomic E-state index is 0.179. The molecule has 2 N–H and O–H groups in total. The SMILES string of the molecule is Cc1ccc(NC(=O)C(=Cc2ccccc2)NC(=O)c2cccc(C)c2)cc1. The molecule has 0 fully saturated rings. The summed E-state index contributed by atoms with van der Waals surface area (Å²) in [5, 5.41) is 5.59. The molecule has 0 unspecified atom stereocenters. The quantitative estimate of drug-likeness (QED) is 0.639. The van der Waals surface area contributed by atoms with Crippen LogP contribution in [-0.4, -0.2) is 11.8 Å². The van der Waals surface area contributed by atoms with Crippen molar-refractivity contribution in [2.75, 3.05) is 5.32 Å². The van der Waals surface area contributed by atoms with Gasteiger partial charge in [0.1, 0.15) is 5.70 Å². The van der Waals surface area contributed by atoms with E-state index in [0.29, 0.717) is 11.3 Å². The van der Waals surface area contributed by atoms with Crippen LogP contribution in [0.2, 0.25) is 0 Å². The molecule has 0 aromatic heterocycles. The Hall–Kier alpha value is -3.66. The van der Waals surface area contributed by atoms with Crippen molar-refractivity contribution in [3.8, 4) is 0 Å².